The number of Topliss-reactive ketones (excluding diaryl/α,β-unsaturated/α-hetero) is 1. The highest BCUT2D eigenvalue weighted by atomic mass is 16.1. The smallest absolute Gasteiger partial charge is 0.165 e. The van der Waals surface area contributed by atoms with Crippen LogP contribution in [-0.2, 0) is 4.79 Å². The fraction of sp³-hybridized carbons (Fsp3) is 0.417. The van der Waals surface area contributed by atoms with Crippen molar-refractivity contribution in [2.24, 2.45) is 0 Å². The van der Waals surface area contributed by atoms with Crippen molar-refractivity contribution in [3.63, 3.8) is 0 Å². The van der Waals surface area contributed by atoms with E-state index in [2.05, 4.69) is 41.4 Å². The van der Waals surface area contributed by atoms with Gasteiger partial charge in [0.25, 0.3) is 0 Å². The minimum atomic E-state index is 0.257. The van der Waals surface area contributed by atoms with Crippen molar-refractivity contribution < 1.29 is 4.79 Å². The van der Waals surface area contributed by atoms with E-state index in [-0.39, 0.29) is 5.78 Å². The number of nitrogens with zero attached hydrogens (tertiary/aromatic N) is 1. The van der Waals surface area contributed by atoms with Gasteiger partial charge in [-0.2, -0.15) is 0 Å². The molecular weight excluding hydrogens is 188 g/mol. The lowest BCUT2D eigenvalue weighted by atomic mass is 10.2. The van der Waals surface area contributed by atoms with E-state index in [1.165, 1.54) is 5.56 Å². The molecule has 1 aliphatic heterocycles. The van der Waals surface area contributed by atoms with Crippen LogP contribution >= 0.6 is 0 Å². The molecule has 80 valence electrons. The first-order valence-corrected chi connectivity index (χ1v) is 5.30. The molecule has 1 aromatic rings. The van der Waals surface area contributed by atoms with Crippen LogP contribution in [-0.4, -0.2) is 32.0 Å². The molecule has 0 aliphatic carbocycles. The molecule has 0 radical (unpaired) electrons. The maximum absolute atomic E-state index is 11.4. The van der Waals surface area contributed by atoms with Gasteiger partial charge in [0.1, 0.15) is 0 Å². The summed E-state index contributed by atoms with van der Waals surface area (Å²) >= 11 is 0. The number of nitrogens with one attached hydrogen (secondary N) is 1. The molecule has 3 heteroatoms. The van der Waals surface area contributed by atoms with E-state index in [1.807, 2.05) is 0 Å². The van der Waals surface area contributed by atoms with Crippen LogP contribution in [0.25, 0.3) is 0 Å². The summed E-state index contributed by atoms with van der Waals surface area (Å²) in [6.45, 7) is 4.87. The van der Waals surface area contributed by atoms with E-state index in [0.29, 0.717) is 13.1 Å². The number of rotatable bonds is 1. The normalized spacial score (nSPS) is 17.7. The molecule has 0 bridgehead atoms. The topological polar surface area (TPSA) is 32.3 Å². The molecule has 15 heavy (non-hydrogen) atoms. The van der Waals surface area contributed by atoms with Gasteiger partial charge in [-0.3, -0.25) is 4.79 Å². The van der Waals surface area contributed by atoms with E-state index in [1.54, 1.807) is 0 Å². The van der Waals surface area contributed by atoms with Crippen molar-refractivity contribution in [3.8, 4) is 0 Å². The van der Waals surface area contributed by atoms with Gasteiger partial charge in [-0.15, -0.1) is 0 Å². The number of aryl methyl sites for hydroxylation is 1. The Morgan fingerprint density at radius 1 is 1.27 bits per heavy atom. The average molecular weight is 204 g/mol. The molecule has 1 N–H and O–H groups in total. The first kappa shape index (κ1) is 10.2. The predicted molar refractivity (Wildman–Crippen MR) is 61.3 cm³/mol. The van der Waals surface area contributed by atoms with E-state index in [0.717, 1.165) is 18.8 Å². The van der Waals surface area contributed by atoms with Gasteiger partial charge in [0.05, 0.1) is 13.1 Å². The van der Waals surface area contributed by atoms with Crippen LogP contribution in [0.1, 0.15) is 5.56 Å². The summed E-state index contributed by atoms with van der Waals surface area (Å²) in [5, 5.41) is 3.12. The third-order valence-corrected chi connectivity index (χ3v) is 2.65. The lowest BCUT2D eigenvalue weighted by molar-refractivity contribution is -0.116. The summed E-state index contributed by atoms with van der Waals surface area (Å²) < 4.78 is 0. The Morgan fingerprint density at radius 3 is 2.73 bits per heavy atom. The standard InChI is InChI=1S/C12H16N2O/c1-10-2-4-11(5-3-10)14-7-6-13-8-12(15)9-14/h2-5,13H,6-9H2,1H3. The Labute approximate surface area is 90.1 Å². The Hall–Kier alpha value is -1.35. The predicted octanol–water partition coefficient (Wildman–Crippen LogP) is 0.974. The van der Waals surface area contributed by atoms with Gasteiger partial charge in [-0.25, -0.2) is 0 Å². The molecule has 1 heterocycles. The van der Waals surface area contributed by atoms with Gasteiger partial charge in [-0.1, -0.05) is 17.7 Å². The monoisotopic (exact) mass is 204 g/mol. The number of carbonyl (C=O) groups excluding carboxylic acids is 1. The molecule has 0 spiro atoms. The second-order valence-corrected chi connectivity index (χ2v) is 3.97. The zero-order chi connectivity index (χ0) is 10.7. The maximum atomic E-state index is 11.4. The zero-order valence-corrected chi connectivity index (χ0v) is 8.99. The quantitative estimate of drug-likeness (QED) is 0.740. The van der Waals surface area contributed by atoms with Gasteiger partial charge in [0.15, 0.2) is 5.78 Å². The average Bonchev–Trinajstić information content (AvgIpc) is 2.44. The second-order valence-electron chi connectivity index (χ2n) is 3.97. The van der Waals surface area contributed by atoms with Gasteiger partial charge in [0, 0.05) is 18.8 Å². The van der Waals surface area contributed by atoms with Crippen molar-refractivity contribution >= 4 is 11.5 Å². The molecule has 1 saturated heterocycles. The Kier molecular flexibility index (Phi) is 3.02. The van der Waals surface area contributed by atoms with Crippen molar-refractivity contribution in [2.75, 3.05) is 31.1 Å². The second kappa shape index (κ2) is 4.45. The van der Waals surface area contributed by atoms with E-state index < -0.39 is 0 Å². The van der Waals surface area contributed by atoms with E-state index in [9.17, 15) is 4.79 Å². The fourth-order valence-electron chi connectivity index (χ4n) is 1.77. The van der Waals surface area contributed by atoms with E-state index >= 15 is 0 Å². The first-order chi connectivity index (χ1) is 7.25. The maximum Gasteiger partial charge on any atom is 0.165 e. The summed E-state index contributed by atoms with van der Waals surface area (Å²) in [5.41, 5.74) is 2.38. The molecule has 3 nitrogen and oxygen atoms in total. The van der Waals surface area contributed by atoms with Crippen LogP contribution in [0.3, 0.4) is 0 Å². The number of ketones is 1. The molecule has 1 aliphatic rings. The van der Waals surface area contributed by atoms with Gasteiger partial charge in [0.2, 0.25) is 0 Å². The third-order valence-electron chi connectivity index (χ3n) is 2.65. The minimum Gasteiger partial charge on any atom is -0.363 e. The molecule has 0 unspecified atom stereocenters. The number of hydrogen-bond acceptors (Lipinski definition) is 3. The van der Waals surface area contributed by atoms with Crippen molar-refractivity contribution in [1.29, 1.82) is 0 Å². The number of benzene rings is 1. The molecule has 0 aromatic heterocycles. The third kappa shape index (κ3) is 2.57. The van der Waals surface area contributed by atoms with Crippen LogP contribution in [0.5, 0.6) is 0 Å². The van der Waals surface area contributed by atoms with Crippen LogP contribution in [0, 0.1) is 6.92 Å². The highest BCUT2D eigenvalue weighted by molar-refractivity contribution is 5.85. The minimum absolute atomic E-state index is 0.257. The fourth-order valence-corrected chi connectivity index (χ4v) is 1.77. The molecule has 1 fully saturated rings. The van der Waals surface area contributed by atoms with E-state index in [4.69, 9.17) is 0 Å². The number of hydrogen-bond donors (Lipinski definition) is 1. The van der Waals surface area contributed by atoms with Crippen LogP contribution in [0.4, 0.5) is 5.69 Å². The number of carbonyl (C=O) groups is 1. The van der Waals surface area contributed by atoms with Gasteiger partial charge >= 0.3 is 0 Å². The molecule has 1 aromatic carbocycles. The van der Waals surface area contributed by atoms with Gasteiger partial charge < -0.3 is 10.2 Å². The summed E-state index contributed by atoms with van der Waals surface area (Å²) in [7, 11) is 0. The largest absolute Gasteiger partial charge is 0.363 e. The molecule has 0 amide bonds. The molecule has 0 atom stereocenters. The van der Waals surface area contributed by atoms with Crippen molar-refractivity contribution in [2.45, 2.75) is 6.92 Å². The van der Waals surface area contributed by atoms with Crippen LogP contribution in [0.2, 0.25) is 0 Å². The van der Waals surface area contributed by atoms with Crippen molar-refractivity contribution in [3.05, 3.63) is 29.8 Å². The van der Waals surface area contributed by atoms with Crippen LogP contribution < -0.4 is 10.2 Å². The molecular formula is C12H16N2O. The molecule has 2 rings (SSSR count). The zero-order valence-electron chi connectivity index (χ0n) is 8.99. The highest BCUT2D eigenvalue weighted by Gasteiger charge is 2.14. The number of anilines is 1. The van der Waals surface area contributed by atoms with Crippen LogP contribution in [0.15, 0.2) is 24.3 Å². The highest BCUT2D eigenvalue weighted by Crippen LogP contribution is 2.14. The SMILES string of the molecule is Cc1ccc(N2CCNCC(=O)C2)cc1. The Bertz CT molecular complexity index is 345. The summed E-state index contributed by atoms with van der Waals surface area (Å²) in [5.74, 6) is 0.257. The first-order valence-electron chi connectivity index (χ1n) is 5.30. The lowest BCUT2D eigenvalue weighted by Gasteiger charge is -2.21. The summed E-state index contributed by atoms with van der Waals surface area (Å²) in [6, 6.07) is 8.32. The molecule has 0 saturated carbocycles. The Balaban J connectivity index is 2.14. The summed E-state index contributed by atoms with van der Waals surface area (Å²) in [6.07, 6.45) is 0. The summed E-state index contributed by atoms with van der Waals surface area (Å²) in [4.78, 5) is 13.6. The van der Waals surface area contributed by atoms with Gasteiger partial charge in [-0.05, 0) is 19.1 Å². The van der Waals surface area contributed by atoms with Crippen molar-refractivity contribution in [1.82, 2.24) is 5.32 Å². The Morgan fingerprint density at radius 2 is 2.00 bits per heavy atom. The lowest BCUT2D eigenvalue weighted by Crippen LogP contribution is -2.29.